The quantitative estimate of drug-likeness (QED) is 0.282. The lowest BCUT2D eigenvalue weighted by Gasteiger charge is -2.17. The summed E-state index contributed by atoms with van der Waals surface area (Å²) < 4.78 is 23.0. The molecule has 1 amide bonds. The lowest BCUT2D eigenvalue weighted by atomic mass is 10.5. The highest BCUT2D eigenvalue weighted by Crippen LogP contribution is 2.99. The van der Waals surface area contributed by atoms with Gasteiger partial charge in [-0.05, 0) is 0 Å². The van der Waals surface area contributed by atoms with Crippen LogP contribution in [-0.2, 0) is 18.3 Å². The minimum Gasteiger partial charge on any atom is -0.386 e. The molecule has 9 heteroatoms. The van der Waals surface area contributed by atoms with Gasteiger partial charge >= 0.3 is 25.2 Å². The van der Waals surface area contributed by atoms with Gasteiger partial charge in [0, 0.05) is 0 Å². The third-order valence-corrected chi connectivity index (χ3v) is 3.30. The molecular weight excluding hydrogens is 193 g/mol. The van der Waals surface area contributed by atoms with Crippen LogP contribution in [0.25, 0.3) is 0 Å². The SMILES string of the molecule is NC(=O)OC(O)(O)C12OP1(=O)O2. The lowest BCUT2D eigenvalue weighted by Crippen LogP contribution is -2.45. The molecule has 0 radical (unpaired) electrons. The van der Waals surface area contributed by atoms with Crippen molar-refractivity contribution in [3.8, 4) is 0 Å². The maximum absolute atomic E-state index is 10.8. The van der Waals surface area contributed by atoms with E-state index in [2.05, 4.69) is 19.5 Å². The normalized spacial score (nSPS) is 43.2. The first-order chi connectivity index (χ1) is 5.33. The van der Waals surface area contributed by atoms with Crippen molar-refractivity contribution in [1.29, 1.82) is 0 Å². The molecule has 2 aliphatic heterocycles. The van der Waals surface area contributed by atoms with Gasteiger partial charge in [0.1, 0.15) is 0 Å². The molecule has 0 unspecified atom stereocenters. The molecule has 2 fully saturated rings. The average molecular weight is 197 g/mol. The third-order valence-electron chi connectivity index (χ3n) is 1.44. The highest BCUT2D eigenvalue weighted by molar-refractivity contribution is 7.68. The summed E-state index contributed by atoms with van der Waals surface area (Å²) >= 11 is 0. The Bertz CT molecular complexity index is 300. The second kappa shape index (κ2) is 1.66. The zero-order chi connectivity index (χ0) is 9.20. The van der Waals surface area contributed by atoms with Crippen LogP contribution in [0.1, 0.15) is 0 Å². The smallest absolute Gasteiger partial charge is 0.386 e. The molecule has 0 aromatic heterocycles. The molecule has 0 bridgehead atoms. The van der Waals surface area contributed by atoms with Crippen LogP contribution < -0.4 is 5.73 Å². The number of amides is 1. The molecule has 4 N–H and O–H groups in total. The summed E-state index contributed by atoms with van der Waals surface area (Å²) in [7, 11) is -3.36. The summed E-state index contributed by atoms with van der Waals surface area (Å²) in [6, 6.07) is 0. The Balaban J connectivity index is 2.13. The van der Waals surface area contributed by atoms with Gasteiger partial charge in [0.2, 0.25) is 0 Å². The maximum atomic E-state index is 10.8. The lowest BCUT2D eigenvalue weighted by molar-refractivity contribution is -0.363. The minimum absolute atomic E-state index is 1.44. The number of primary amides is 1. The summed E-state index contributed by atoms with van der Waals surface area (Å²) in [6.45, 7) is 0. The fourth-order valence-electron chi connectivity index (χ4n) is 0.794. The molecule has 0 spiro atoms. The Hall–Kier alpha value is -0.660. The van der Waals surface area contributed by atoms with E-state index in [4.69, 9.17) is 10.2 Å². The molecule has 2 rings (SSSR count). The van der Waals surface area contributed by atoms with Crippen molar-refractivity contribution in [3.63, 3.8) is 0 Å². The van der Waals surface area contributed by atoms with Crippen molar-refractivity contribution >= 4 is 13.7 Å². The average Bonchev–Trinajstić information content (AvgIpc) is 2.47. The molecule has 0 aromatic rings. The van der Waals surface area contributed by atoms with E-state index >= 15 is 0 Å². The number of ether oxygens (including phenoxy) is 1. The van der Waals surface area contributed by atoms with Gasteiger partial charge in [-0.2, -0.15) is 0 Å². The molecule has 12 heavy (non-hydrogen) atoms. The largest absolute Gasteiger partial charge is 0.408 e. The highest BCUT2D eigenvalue weighted by atomic mass is 31.2. The molecule has 2 heterocycles. The van der Waals surface area contributed by atoms with Crippen LogP contribution in [0.4, 0.5) is 4.79 Å². The van der Waals surface area contributed by atoms with Gasteiger partial charge < -0.3 is 20.7 Å². The van der Waals surface area contributed by atoms with Crippen LogP contribution in [0.5, 0.6) is 0 Å². The van der Waals surface area contributed by atoms with Crippen molar-refractivity contribution < 1.29 is 33.4 Å². The zero-order valence-corrected chi connectivity index (χ0v) is 6.35. The predicted octanol–water partition coefficient (Wildman–Crippen LogP) is -1.37. The number of carbonyl (C=O) groups excluding carboxylic acids is 1. The van der Waals surface area contributed by atoms with E-state index in [9.17, 15) is 9.36 Å². The number of carbonyl (C=O) groups is 1. The Kier molecular flexibility index (Phi) is 1.10. The number of hydrogen-bond donors (Lipinski definition) is 3. The van der Waals surface area contributed by atoms with Crippen LogP contribution in [0.2, 0.25) is 0 Å². The summed E-state index contributed by atoms with van der Waals surface area (Å²) in [5.41, 5.74) is 2.41. The first-order valence-electron chi connectivity index (χ1n) is 2.78. The summed E-state index contributed by atoms with van der Waals surface area (Å²) in [5, 5.41) is 17.8. The van der Waals surface area contributed by atoms with Gasteiger partial charge in [-0.25, -0.2) is 4.79 Å². The molecule has 68 valence electrons. The fourth-order valence-corrected chi connectivity index (χ4v) is 2.42. The van der Waals surface area contributed by atoms with Crippen molar-refractivity contribution in [2.45, 2.75) is 11.5 Å². The van der Waals surface area contributed by atoms with E-state index in [1.807, 2.05) is 0 Å². The minimum atomic E-state index is -3.36. The van der Waals surface area contributed by atoms with Gasteiger partial charge in [-0.3, -0.25) is 13.6 Å². The van der Waals surface area contributed by atoms with E-state index in [1.165, 1.54) is 0 Å². The maximum Gasteiger partial charge on any atom is 0.408 e. The van der Waals surface area contributed by atoms with Crippen LogP contribution in [0.3, 0.4) is 0 Å². The van der Waals surface area contributed by atoms with Crippen LogP contribution in [0.15, 0.2) is 0 Å². The molecule has 0 aliphatic carbocycles. The molecular formula is C3H4NO7P. The molecule has 0 aromatic carbocycles. The van der Waals surface area contributed by atoms with Gasteiger partial charge in [-0.1, -0.05) is 0 Å². The van der Waals surface area contributed by atoms with E-state index in [-0.39, 0.29) is 0 Å². The number of rotatable bonds is 2. The Morgan fingerprint density at radius 1 is 1.58 bits per heavy atom. The van der Waals surface area contributed by atoms with E-state index in [0.717, 1.165) is 0 Å². The first-order valence-corrected chi connectivity index (χ1v) is 4.32. The highest BCUT2D eigenvalue weighted by Gasteiger charge is 3.01. The van der Waals surface area contributed by atoms with E-state index in [0.29, 0.717) is 0 Å². The van der Waals surface area contributed by atoms with Crippen LogP contribution >= 0.6 is 7.60 Å². The third kappa shape index (κ3) is 0.706. The monoisotopic (exact) mass is 197 g/mol. The van der Waals surface area contributed by atoms with Crippen molar-refractivity contribution in [3.05, 3.63) is 0 Å². The zero-order valence-electron chi connectivity index (χ0n) is 5.46. The number of aliphatic hydroxyl groups is 2. The number of nitrogens with two attached hydrogens (primary N) is 1. The summed E-state index contributed by atoms with van der Waals surface area (Å²) in [5.74, 6) is -3.08. The van der Waals surface area contributed by atoms with Crippen molar-refractivity contribution in [1.82, 2.24) is 0 Å². The molecule has 8 nitrogen and oxygen atoms in total. The summed E-state index contributed by atoms with van der Waals surface area (Å²) in [4.78, 5) is 10.1. The van der Waals surface area contributed by atoms with Gasteiger partial charge in [0.05, 0.1) is 0 Å². The molecule has 0 atom stereocenters. The Labute approximate surface area is 65.4 Å². The second-order valence-corrected chi connectivity index (χ2v) is 4.24. The van der Waals surface area contributed by atoms with Gasteiger partial charge in [0.15, 0.2) is 0 Å². The van der Waals surface area contributed by atoms with E-state index < -0.39 is 25.2 Å². The Morgan fingerprint density at radius 3 is 2.25 bits per heavy atom. The summed E-state index contributed by atoms with van der Waals surface area (Å²) in [6.07, 6.45) is -1.44. The van der Waals surface area contributed by atoms with Crippen molar-refractivity contribution in [2.24, 2.45) is 5.73 Å². The number of fused-ring (bicyclic) bond motifs is 1. The number of hydrogen-bond acceptors (Lipinski definition) is 7. The topological polar surface area (TPSA) is 135 Å². The first kappa shape index (κ1) is 7.96. The molecule has 0 saturated carbocycles. The van der Waals surface area contributed by atoms with Crippen LogP contribution in [-0.4, -0.2) is 27.8 Å². The van der Waals surface area contributed by atoms with Crippen molar-refractivity contribution in [2.75, 3.05) is 0 Å². The van der Waals surface area contributed by atoms with Gasteiger partial charge in [-0.15, -0.1) is 0 Å². The molecule has 2 saturated heterocycles. The van der Waals surface area contributed by atoms with Gasteiger partial charge in [0.25, 0.3) is 0 Å². The standard InChI is InChI=1S/C3H4NO7P/c4-1(5)9-2(6,7)3-10-12(3,8)11-3/h6-7H,(H2,4,5). The second-order valence-electron chi connectivity index (χ2n) is 2.29. The van der Waals surface area contributed by atoms with Crippen LogP contribution in [0, 0.1) is 0 Å². The van der Waals surface area contributed by atoms with E-state index in [1.54, 1.807) is 0 Å². The fraction of sp³-hybridized carbons (Fsp3) is 0.667. The Morgan fingerprint density at radius 2 is 2.00 bits per heavy atom. The predicted molar refractivity (Wildman–Crippen MR) is 30.3 cm³/mol. The molecule has 2 aliphatic rings.